The van der Waals surface area contributed by atoms with Crippen molar-refractivity contribution in [2.45, 2.75) is 13.0 Å². The third-order valence-corrected chi connectivity index (χ3v) is 5.93. The van der Waals surface area contributed by atoms with Gasteiger partial charge in [0.2, 0.25) is 11.9 Å². The Kier molecular flexibility index (Phi) is 5.95. The third kappa shape index (κ3) is 4.60. The number of anilines is 3. The maximum Gasteiger partial charge on any atom is 0.248 e. The molecule has 0 radical (unpaired) electrons. The summed E-state index contributed by atoms with van der Waals surface area (Å²) < 4.78 is 0. The summed E-state index contributed by atoms with van der Waals surface area (Å²) >= 11 is 0. The topological polar surface area (TPSA) is 133 Å². The fourth-order valence-electron chi connectivity index (χ4n) is 4.27. The van der Waals surface area contributed by atoms with E-state index in [1.54, 1.807) is 12.1 Å². The highest BCUT2D eigenvalue weighted by Gasteiger charge is 2.31. The molecule has 4 N–H and O–H groups in total. The number of nitriles is 1. The van der Waals surface area contributed by atoms with Gasteiger partial charge in [-0.25, -0.2) is 9.97 Å². The molecule has 0 bridgehead atoms. The number of aryl methyl sites for hydroxylation is 1. The van der Waals surface area contributed by atoms with Crippen molar-refractivity contribution in [1.29, 1.82) is 5.26 Å². The molecule has 3 heterocycles. The number of benzene rings is 2. The van der Waals surface area contributed by atoms with Crippen molar-refractivity contribution in [1.82, 2.24) is 20.3 Å². The fourth-order valence-corrected chi connectivity index (χ4v) is 4.27. The Morgan fingerprint density at radius 2 is 2.00 bits per heavy atom. The molecule has 1 aliphatic heterocycles. The van der Waals surface area contributed by atoms with E-state index in [0.29, 0.717) is 47.7 Å². The van der Waals surface area contributed by atoms with Gasteiger partial charge in [0.15, 0.2) is 5.82 Å². The number of aromatic nitrogens is 3. The van der Waals surface area contributed by atoms with Crippen LogP contribution in [0.15, 0.2) is 60.7 Å². The van der Waals surface area contributed by atoms with E-state index in [-0.39, 0.29) is 11.9 Å². The van der Waals surface area contributed by atoms with Gasteiger partial charge >= 0.3 is 0 Å². The molecule has 9 heteroatoms. The first kappa shape index (κ1) is 22.3. The van der Waals surface area contributed by atoms with E-state index in [4.69, 9.17) is 10.7 Å². The van der Waals surface area contributed by atoms with Gasteiger partial charge in [-0.2, -0.15) is 10.2 Å². The van der Waals surface area contributed by atoms with Gasteiger partial charge in [0, 0.05) is 30.9 Å². The number of rotatable bonds is 4. The molecule has 1 unspecified atom stereocenters. The highest BCUT2D eigenvalue weighted by atomic mass is 16.2. The van der Waals surface area contributed by atoms with Crippen LogP contribution in [0.4, 0.5) is 17.5 Å². The van der Waals surface area contributed by atoms with Gasteiger partial charge in [-0.05, 0) is 48.9 Å². The van der Waals surface area contributed by atoms with Gasteiger partial charge in [-0.15, -0.1) is 0 Å². The fraction of sp³-hybridized carbons (Fsp3) is 0.192. The van der Waals surface area contributed by atoms with E-state index in [1.165, 1.54) is 0 Å². The number of fused-ring (bicyclic) bond motifs is 1. The summed E-state index contributed by atoms with van der Waals surface area (Å²) in [5.74, 6) is 0.479. The number of nitrogen functional groups attached to an aromatic ring is 1. The normalized spacial score (nSPS) is 15.5. The van der Waals surface area contributed by atoms with Crippen LogP contribution in [-0.4, -0.2) is 46.5 Å². The van der Waals surface area contributed by atoms with Crippen LogP contribution in [0.3, 0.4) is 0 Å². The minimum absolute atomic E-state index is 0.116. The van der Waals surface area contributed by atoms with E-state index in [0.717, 1.165) is 16.8 Å². The monoisotopic (exact) mass is 464 g/mol. The van der Waals surface area contributed by atoms with Crippen LogP contribution >= 0.6 is 0 Å². The van der Waals surface area contributed by atoms with Crippen molar-refractivity contribution in [3.8, 4) is 17.3 Å². The zero-order chi connectivity index (χ0) is 24.4. The Morgan fingerprint density at radius 1 is 1.14 bits per heavy atom. The molecule has 9 nitrogen and oxygen atoms in total. The Balaban J connectivity index is 1.55. The number of hydrogen-bond acceptors (Lipinski definition) is 8. The van der Waals surface area contributed by atoms with Crippen LogP contribution in [0, 0.1) is 18.3 Å². The van der Waals surface area contributed by atoms with Crippen LogP contribution in [-0.2, 0) is 4.79 Å². The van der Waals surface area contributed by atoms with E-state index in [1.807, 2.05) is 60.4 Å². The number of amides is 1. The average molecular weight is 465 g/mol. The van der Waals surface area contributed by atoms with Crippen LogP contribution in [0.5, 0.6) is 0 Å². The standard InChI is InChI=1S/C26H24N8O/c1-16-4-2-7-19(12-16)30-25(35)22-15-29-10-11-34(22)24-23-21(32-26(28)33-24)9-8-20(31-23)18-6-3-5-17(13-18)14-27/h2-9,12-13,22,29H,10-11,15H2,1H3,(H,30,35)(H2,28,32,33). The summed E-state index contributed by atoms with van der Waals surface area (Å²) in [5.41, 5.74) is 11.0. The van der Waals surface area contributed by atoms with Crippen molar-refractivity contribution < 1.29 is 4.79 Å². The van der Waals surface area contributed by atoms with Crippen LogP contribution in [0.2, 0.25) is 0 Å². The molecule has 1 atom stereocenters. The molecule has 0 saturated carbocycles. The third-order valence-electron chi connectivity index (χ3n) is 5.93. The van der Waals surface area contributed by atoms with Crippen LogP contribution in [0.25, 0.3) is 22.3 Å². The molecule has 1 aliphatic rings. The molecular weight excluding hydrogens is 440 g/mol. The number of hydrogen-bond donors (Lipinski definition) is 3. The Hall–Kier alpha value is -4.55. The van der Waals surface area contributed by atoms with Crippen molar-refractivity contribution >= 4 is 34.4 Å². The highest BCUT2D eigenvalue weighted by molar-refractivity contribution is 5.99. The smallest absolute Gasteiger partial charge is 0.248 e. The Bertz CT molecular complexity index is 1460. The predicted octanol–water partition coefficient (Wildman–Crippen LogP) is 2.87. The quantitative estimate of drug-likeness (QED) is 0.420. The number of nitrogens with zero attached hydrogens (tertiary/aromatic N) is 5. The first-order valence-corrected chi connectivity index (χ1v) is 11.3. The molecule has 2 aromatic heterocycles. The number of nitrogens with two attached hydrogens (primary N) is 1. The number of carbonyl (C=O) groups excluding carboxylic acids is 1. The van der Waals surface area contributed by atoms with E-state index < -0.39 is 6.04 Å². The van der Waals surface area contributed by atoms with E-state index in [9.17, 15) is 10.1 Å². The maximum absolute atomic E-state index is 13.3. The number of nitrogens with one attached hydrogen (secondary N) is 2. The molecule has 0 spiro atoms. The second-order valence-corrected chi connectivity index (χ2v) is 8.43. The summed E-state index contributed by atoms with van der Waals surface area (Å²) in [5, 5.41) is 15.6. The second-order valence-electron chi connectivity index (χ2n) is 8.43. The molecule has 5 rings (SSSR count). The lowest BCUT2D eigenvalue weighted by atomic mass is 10.1. The van der Waals surface area contributed by atoms with Gasteiger partial charge in [0.05, 0.1) is 22.8 Å². The number of pyridine rings is 1. The molecule has 2 aromatic carbocycles. The van der Waals surface area contributed by atoms with E-state index >= 15 is 0 Å². The number of piperazine rings is 1. The van der Waals surface area contributed by atoms with Crippen LogP contribution < -0.4 is 21.3 Å². The summed E-state index contributed by atoms with van der Waals surface area (Å²) in [4.78, 5) is 29.0. The summed E-state index contributed by atoms with van der Waals surface area (Å²) in [6.45, 7) is 3.67. The molecule has 1 saturated heterocycles. The lowest BCUT2D eigenvalue weighted by molar-refractivity contribution is -0.117. The van der Waals surface area contributed by atoms with Gasteiger partial charge in [-0.3, -0.25) is 4.79 Å². The molecule has 1 fully saturated rings. The first-order chi connectivity index (χ1) is 17.0. The van der Waals surface area contributed by atoms with Crippen LogP contribution in [0.1, 0.15) is 11.1 Å². The van der Waals surface area contributed by atoms with Gasteiger partial charge < -0.3 is 21.3 Å². The number of carbonyl (C=O) groups is 1. The van der Waals surface area contributed by atoms with Crippen molar-refractivity contribution in [2.75, 3.05) is 35.6 Å². The lowest BCUT2D eigenvalue weighted by Gasteiger charge is -2.36. The Morgan fingerprint density at radius 3 is 2.83 bits per heavy atom. The van der Waals surface area contributed by atoms with Crippen molar-refractivity contribution in [3.05, 3.63) is 71.8 Å². The van der Waals surface area contributed by atoms with E-state index in [2.05, 4.69) is 26.7 Å². The first-order valence-electron chi connectivity index (χ1n) is 11.3. The molecule has 4 aromatic rings. The SMILES string of the molecule is Cc1cccc(NC(=O)C2CNCCN2c2nc(N)nc3ccc(-c4cccc(C#N)c4)nc23)c1. The predicted molar refractivity (Wildman–Crippen MR) is 136 cm³/mol. The van der Waals surface area contributed by atoms with Gasteiger partial charge in [-0.1, -0.05) is 24.3 Å². The second kappa shape index (κ2) is 9.37. The zero-order valence-corrected chi connectivity index (χ0v) is 19.2. The highest BCUT2D eigenvalue weighted by Crippen LogP contribution is 2.29. The molecular formula is C26H24N8O. The molecule has 174 valence electrons. The summed E-state index contributed by atoms with van der Waals surface area (Å²) in [7, 11) is 0. The van der Waals surface area contributed by atoms with Gasteiger partial charge in [0.1, 0.15) is 11.6 Å². The molecule has 0 aliphatic carbocycles. The minimum atomic E-state index is -0.519. The zero-order valence-electron chi connectivity index (χ0n) is 19.2. The average Bonchev–Trinajstić information content (AvgIpc) is 2.88. The Labute approximate surface area is 202 Å². The minimum Gasteiger partial charge on any atom is -0.368 e. The van der Waals surface area contributed by atoms with Crippen molar-refractivity contribution in [3.63, 3.8) is 0 Å². The molecule has 1 amide bonds. The lowest BCUT2D eigenvalue weighted by Crippen LogP contribution is -2.57. The summed E-state index contributed by atoms with van der Waals surface area (Å²) in [6.07, 6.45) is 0. The molecule has 35 heavy (non-hydrogen) atoms. The largest absolute Gasteiger partial charge is 0.368 e. The van der Waals surface area contributed by atoms with Crippen molar-refractivity contribution in [2.24, 2.45) is 0 Å². The summed E-state index contributed by atoms with van der Waals surface area (Å²) in [6, 6.07) is 20.3. The maximum atomic E-state index is 13.3. The van der Waals surface area contributed by atoms with Gasteiger partial charge in [0.25, 0.3) is 0 Å².